The van der Waals surface area contributed by atoms with Crippen LogP contribution in [0.3, 0.4) is 0 Å². The Bertz CT molecular complexity index is 554. The number of anilines is 1. The largest absolute Gasteiger partial charge is 0.369 e. The summed E-state index contributed by atoms with van der Waals surface area (Å²) in [4.78, 5) is 2.27. The molecular weight excluding hydrogens is 324 g/mol. The molecule has 0 aromatic heterocycles. The molecule has 0 atom stereocenters. The van der Waals surface area contributed by atoms with Gasteiger partial charge in [0.2, 0.25) is 0 Å². The zero-order chi connectivity index (χ0) is 15.1. The summed E-state index contributed by atoms with van der Waals surface area (Å²) in [5, 5.41) is 3.43. The van der Waals surface area contributed by atoms with E-state index in [1.165, 1.54) is 23.2 Å². The van der Waals surface area contributed by atoms with Gasteiger partial charge in [-0.1, -0.05) is 43.3 Å². The molecule has 112 valence electrons. The number of hydrogen-bond acceptors (Lipinski definition) is 2. The van der Waals surface area contributed by atoms with Crippen LogP contribution < -0.4 is 10.2 Å². The minimum Gasteiger partial charge on any atom is -0.369 e. The van der Waals surface area contributed by atoms with Crippen molar-refractivity contribution >= 4 is 21.6 Å². The molecule has 1 N–H and O–H groups in total. The highest BCUT2D eigenvalue weighted by Gasteiger charge is 2.07. The van der Waals surface area contributed by atoms with Gasteiger partial charge in [0.1, 0.15) is 0 Å². The normalized spacial score (nSPS) is 10.6. The average Bonchev–Trinajstić information content (AvgIpc) is 2.48. The van der Waals surface area contributed by atoms with Gasteiger partial charge >= 0.3 is 0 Å². The second kappa shape index (κ2) is 8.20. The summed E-state index contributed by atoms with van der Waals surface area (Å²) in [5.74, 6) is 0. The average molecular weight is 347 g/mol. The summed E-state index contributed by atoms with van der Waals surface area (Å²) in [7, 11) is 2.13. The SMILES string of the molecule is CCCNCc1ccc(N(C)Cc2ccccc2)c(Br)c1. The molecule has 0 fully saturated rings. The Labute approximate surface area is 136 Å². The monoisotopic (exact) mass is 346 g/mol. The first-order valence-corrected chi connectivity index (χ1v) is 8.24. The molecule has 0 aliphatic carbocycles. The molecule has 0 aliphatic heterocycles. The van der Waals surface area contributed by atoms with Crippen LogP contribution in [0.1, 0.15) is 24.5 Å². The molecule has 2 rings (SSSR count). The quantitative estimate of drug-likeness (QED) is 0.738. The highest BCUT2D eigenvalue weighted by atomic mass is 79.9. The third kappa shape index (κ3) is 4.87. The lowest BCUT2D eigenvalue weighted by Gasteiger charge is -2.21. The van der Waals surface area contributed by atoms with Crippen molar-refractivity contribution in [1.29, 1.82) is 0 Å². The van der Waals surface area contributed by atoms with Crippen LogP contribution in [-0.4, -0.2) is 13.6 Å². The first kappa shape index (κ1) is 16.1. The number of nitrogens with zero attached hydrogens (tertiary/aromatic N) is 1. The van der Waals surface area contributed by atoms with Gasteiger partial charge in [-0.05, 0) is 52.2 Å². The molecule has 3 heteroatoms. The zero-order valence-corrected chi connectivity index (χ0v) is 14.4. The van der Waals surface area contributed by atoms with Crippen LogP contribution in [0.5, 0.6) is 0 Å². The van der Waals surface area contributed by atoms with E-state index in [0.717, 1.165) is 24.1 Å². The van der Waals surface area contributed by atoms with E-state index in [0.29, 0.717) is 0 Å². The first-order valence-electron chi connectivity index (χ1n) is 7.45. The summed E-state index contributed by atoms with van der Waals surface area (Å²) >= 11 is 3.70. The maximum atomic E-state index is 3.70. The fraction of sp³-hybridized carbons (Fsp3) is 0.333. The maximum absolute atomic E-state index is 3.70. The van der Waals surface area contributed by atoms with E-state index < -0.39 is 0 Å². The standard InChI is InChI=1S/C18H23BrN2/c1-3-11-20-13-16-9-10-18(17(19)12-16)21(2)14-15-7-5-4-6-8-15/h4-10,12,20H,3,11,13-14H2,1-2H3. The van der Waals surface area contributed by atoms with Crippen molar-refractivity contribution in [3.05, 3.63) is 64.1 Å². The van der Waals surface area contributed by atoms with E-state index in [4.69, 9.17) is 0 Å². The smallest absolute Gasteiger partial charge is 0.0511 e. The molecule has 0 aliphatic rings. The van der Waals surface area contributed by atoms with Crippen LogP contribution in [0.25, 0.3) is 0 Å². The number of halogens is 1. The summed E-state index contributed by atoms with van der Waals surface area (Å²) in [6.07, 6.45) is 1.17. The minimum atomic E-state index is 0.910. The van der Waals surface area contributed by atoms with Crippen LogP contribution in [0.2, 0.25) is 0 Å². The van der Waals surface area contributed by atoms with Crippen molar-refractivity contribution in [3.8, 4) is 0 Å². The molecule has 21 heavy (non-hydrogen) atoms. The summed E-state index contributed by atoms with van der Waals surface area (Å²) < 4.78 is 1.15. The van der Waals surface area contributed by atoms with E-state index in [9.17, 15) is 0 Å². The molecule has 0 spiro atoms. The Hall–Kier alpha value is -1.32. The zero-order valence-electron chi connectivity index (χ0n) is 12.8. The van der Waals surface area contributed by atoms with Gasteiger partial charge in [-0.15, -0.1) is 0 Å². The Kier molecular flexibility index (Phi) is 6.27. The predicted octanol–water partition coefficient (Wildman–Crippen LogP) is 4.59. The molecule has 0 radical (unpaired) electrons. The number of nitrogens with one attached hydrogen (secondary N) is 1. The highest BCUT2D eigenvalue weighted by Crippen LogP contribution is 2.27. The van der Waals surface area contributed by atoms with Gasteiger partial charge in [-0.25, -0.2) is 0 Å². The number of benzene rings is 2. The molecular formula is C18H23BrN2. The molecule has 2 aromatic rings. The van der Waals surface area contributed by atoms with Crippen molar-refractivity contribution in [1.82, 2.24) is 5.32 Å². The fourth-order valence-corrected chi connectivity index (χ4v) is 3.05. The predicted molar refractivity (Wildman–Crippen MR) is 94.7 cm³/mol. The Morgan fingerprint density at radius 3 is 2.48 bits per heavy atom. The molecule has 2 nitrogen and oxygen atoms in total. The Balaban J connectivity index is 2.02. The Morgan fingerprint density at radius 1 is 1.05 bits per heavy atom. The van der Waals surface area contributed by atoms with Crippen molar-refractivity contribution in [2.75, 3.05) is 18.5 Å². The van der Waals surface area contributed by atoms with Gasteiger partial charge in [0.25, 0.3) is 0 Å². The topological polar surface area (TPSA) is 15.3 Å². The molecule has 0 saturated carbocycles. The van der Waals surface area contributed by atoms with E-state index >= 15 is 0 Å². The molecule has 0 unspecified atom stereocenters. The lowest BCUT2D eigenvalue weighted by Crippen LogP contribution is -2.17. The van der Waals surface area contributed by atoms with Crippen LogP contribution in [0, 0.1) is 0 Å². The molecule has 0 saturated heterocycles. The van der Waals surface area contributed by atoms with Crippen LogP contribution >= 0.6 is 15.9 Å². The minimum absolute atomic E-state index is 0.910. The third-order valence-electron chi connectivity index (χ3n) is 3.44. The van der Waals surface area contributed by atoms with Crippen molar-refractivity contribution in [3.63, 3.8) is 0 Å². The van der Waals surface area contributed by atoms with Gasteiger partial charge < -0.3 is 10.2 Å². The fourth-order valence-electron chi connectivity index (χ4n) is 2.32. The van der Waals surface area contributed by atoms with Gasteiger partial charge in [0.05, 0.1) is 5.69 Å². The second-order valence-corrected chi connectivity index (χ2v) is 6.16. The second-order valence-electron chi connectivity index (χ2n) is 5.30. The van der Waals surface area contributed by atoms with E-state index in [-0.39, 0.29) is 0 Å². The lowest BCUT2D eigenvalue weighted by atomic mass is 10.1. The van der Waals surface area contributed by atoms with Crippen molar-refractivity contribution < 1.29 is 0 Å². The Morgan fingerprint density at radius 2 is 1.81 bits per heavy atom. The maximum Gasteiger partial charge on any atom is 0.0511 e. The number of rotatable bonds is 7. The molecule has 2 aromatic carbocycles. The van der Waals surface area contributed by atoms with Gasteiger partial charge in [-0.2, -0.15) is 0 Å². The van der Waals surface area contributed by atoms with Crippen LogP contribution in [0.4, 0.5) is 5.69 Å². The van der Waals surface area contributed by atoms with E-state index in [2.05, 4.69) is 88.6 Å². The molecule has 0 heterocycles. The van der Waals surface area contributed by atoms with Crippen LogP contribution in [0.15, 0.2) is 53.0 Å². The lowest BCUT2D eigenvalue weighted by molar-refractivity contribution is 0.675. The summed E-state index contributed by atoms with van der Waals surface area (Å²) in [6.45, 7) is 5.08. The van der Waals surface area contributed by atoms with Crippen molar-refractivity contribution in [2.45, 2.75) is 26.4 Å². The van der Waals surface area contributed by atoms with Crippen molar-refractivity contribution in [2.24, 2.45) is 0 Å². The van der Waals surface area contributed by atoms with E-state index in [1.807, 2.05) is 0 Å². The van der Waals surface area contributed by atoms with Crippen LogP contribution in [-0.2, 0) is 13.1 Å². The third-order valence-corrected chi connectivity index (χ3v) is 4.08. The van der Waals surface area contributed by atoms with Gasteiger partial charge in [0, 0.05) is 24.6 Å². The summed E-state index contributed by atoms with van der Waals surface area (Å²) in [6, 6.07) is 17.1. The summed E-state index contributed by atoms with van der Waals surface area (Å²) in [5.41, 5.74) is 3.85. The highest BCUT2D eigenvalue weighted by molar-refractivity contribution is 9.10. The number of hydrogen-bond donors (Lipinski definition) is 1. The van der Waals surface area contributed by atoms with Gasteiger partial charge in [-0.3, -0.25) is 0 Å². The van der Waals surface area contributed by atoms with Gasteiger partial charge in [0.15, 0.2) is 0 Å². The molecule has 0 bridgehead atoms. The van der Waals surface area contributed by atoms with E-state index in [1.54, 1.807) is 0 Å². The molecule has 0 amide bonds. The first-order chi connectivity index (χ1) is 10.2.